The molecule has 1 aromatic rings. The van der Waals surface area contributed by atoms with Crippen LogP contribution >= 0.6 is 0 Å². The topological polar surface area (TPSA) is 41.6 Å². The van der Waals surface area contributed by atoms with Crippen LogP contribution in [-0.4, -0.2) is 23.9 Å². The maximum atomic E-state index is 6.05. The molecule has 17 heavy (non-hydrogen) atoms. The minimum atomic E-state index is 0.618. The van der Waals surface area contributed by atoms with E-state index >= 15 is 0 Å². The predicted octanol–water partition coefficient (Wildman–Crippen LogP) is 1.99. The van der Waals surface area contributed by atoms with Gasteiger partial charge in [0.2, 0.25) is 0 Å². The molecule has 0 amide bonds. The summed E-state index contributed by atoms with van der Waals surface area (Å²) in [7, 11) is 0. The highest BCUT2D eigenvalue weighted by Crippen LogP contribution is 2.52. The first kappa shape index (κ1) is 10.6. The van der Waals surface area contributed by atoms with Crippen LogP contribution in [0.15, 0.2) is 35.3 Å². The Morgan fingerprint density at radius 3 is 2.65 bits per heavy atom. The van der Waals surface area contributed by atoms with E-state index in [1.54, 1.807) is 0 Å². The van der Waals surface area contributed by atoms with Gasteiger partial charge in [-0.2, -0.15) is 0 Å². The van der Waals surface area contributed by atoms with E-state index in [2.05, 4.69) is 22.0 Å². The van der Waals surface area contributed by atoms with Gasteiger partial charge in [-0.3, -0.25) is 0 Å². The molecule has 0 atom stereocenters. The van der Waals surface area contributed by atoms with E-state index in [-0.39, 0.29) is 0 Å². The van der Waals surface area contributed by atoms with Gasteiger partial charge < -0.3 is 10.6 Å². The van der Waals surface area contributed by atoms with Crippen LogP contribution in [0.3, 0.4) is 0 Å². The molecule has 1 spiro atoms. The summed E-state index contributed by atoms with van der Waals surface area (Å²) in [5, 5.41) is 0. The number of nitrogens with zero attached hydrogens (tertiary/aromatic N) is 2. The molecular formula is C14H19N3. The number of aliphatic imine (C=N–C) groups is 1. The molecule has 2 N–H and O–H groups in total. The van der Waals surface area contributed by atoms with Gasteiger partial charge in [-0.15, -0.1) is 0 Å². The average molecular weight is 229 g/mol. The fraction of sp³-hybridized carbons (Fsp3) is 0.500. The van der Waals surface area contributed by atoms with Gasteiger partial charge in [0.05, 0.1) is 6.54 Å². The van der Waals surface area contributed by atoms with Crippen molar-refractivity contribution in [2.75, 3.05) is 13.1 Å². The largest absolute Gasteiger partial charge is 0.370 e. The van der Waals surface area contributed by atoms with Crippen LogP contribution in [0.2, 0.25) is 0 Å². The molecule has 1 saturated carbocycles. The molecule has 2 fully saturated rings. The van der Waals surface area contributed by atoms with Crippen molar-refractivity contribution in [3.8, 4) is 0 Å². The van der Waals surface area contributed by atoms with Crippen LogP contribution < -0.4 is 5.73 Å². The van der Waals surface area contributed by atoms with E-state index in [9.17, 15) is 0 Å². The van der Waals surface area contributed by atoms with E-state index in [4.69, 9.17) is 5.73 Å². The minimum absolute atomic E-state index is 0.618. The van der Waals surface area contributed by atoms with Gasteiger partial charge in [-0.05, 0) is 30.2 Å². The van der Waals surface area contributed by atoms with Crippen LogP contribution in [0.25, 0.3) is 0 Å². The zero-order chi connectivity index (χ0) is 11.7. The summed E-state index contributed by atoms with van der Waals surface area (Å²) in [4.78, 5) is 6.74. The lowest BCUT2D eigenvalue weighted by Gasteiger charge is -2.17. The number of benzene rings is 1. The Morgan fingerprint density at radius 1 is 1.24 bits per heavy atom. The fourth-order valence-electron chi connectivity index (χ4n) is 2.57. The molecule has 90 valence electrons. The lowest BCUT2D eigenvalue weighted by Crippen LogP contribution is -2.35. The maximum absolute atomic E-state index is 6.05. The van der Waals surface area contributed by atoms with Gasteiger partial charge in [0.25, 0.3) is 0 Å². The summed E-state index contributed by atoms with van der Waals surface area (Å²) in [6.07, 6.45) is 4.07. The van der Waals surface area contributed by atoms with Crippen LogP contribution in [0, 0.1) is 5.41 Å². The van der Waals surface area contributed by atoms with Crippen molar-refractivity contribution in [2.24, 2.45) is 16.1 Å². The molecule has 1 saturated heterocycles. The Bertz CT molecular complexity index is 420. The van der Waals surface area contributed by atoms with Crippen molar-refractivity contribution in [3.63, 3.8) is 0 Å². The number of likely N-dealkylation sites (tertiary alicyclic amines) is 1. The molecule has 0 radical (unpaired) electrons. The van der Waals surface area contributed by atoms with Gasteiger partial charge in [0.1, 0.15) is 0 Å². The second-order valence-corrected chi connectivity index (χ2v) is 5.33. The number of guanidine groups is 1. The van der Waals surface area contributed by atoms with Crippen molar-refractivity contribution in [1.29, 1.82) is 0 Å². The standard InChI is InChI=1S/C14H19N3/c15-13(16-10-12-4-2-1-3-5-12)17-9-8-14(11-17)6-7-14/h1-5H,6-11H2,(H2,15,16). The van der Waals surface area contributed by atoms with E-state index < -0.39 is 0 Å². The molecule has 1 aliphatic heterocycles. The number of rotatable bonds is 2. The Labute approximate surface area is 102 Å². The lowest BCUT2D eigenvalue weighted by atomic mass is 10.1. The molecule has 0 aromatic heterocycles. The third-order valence-corrected chi connectivity index (χ3v) is 3.99. The number of nitrogens with two attached hydrogens (primary N) is 1. The first-order valence-corrected chi connectivity index (χ1v) is 6.36. The third-order valence-electron chi connectivity index (χ3n) is 3.99. The molecule has 3 rings (SSSR count). The molecule has 2 aliphatic rings. The van der Waals surface area contributed by atoms with Crippen molar-refractivity contribution in [3.05, 3.63) is 35.9 Å². The molecule has 0 bridgehead atoms. The third kappa shape index (κ3) is 2.28. The van der Waals surface area contributed by atoms with E-state index in [0.717, 1.165) is 19.0 Å². The molecule has 1 aromatic carbocycles. The highest BCUT2D eigenvalue weighted by Gasteiger charge is 2.48. The monoisotopic (exact) mass is 229 g/mol. The Morgan fingerprint density at radius 2 is 2.00 bits per heavy atom. The maximum Gasteiger partial charge on any atom is 0.191 e. The highest BCUT2D eigenvalue weighted by molar-refractivity contribution is 5.78. The van der Waals surface area contributed by atoms with Gasteiger partial charge in [0.15, 0.2) is 5.96 Å². The first-order chi connectivity index (χ1) is 8.27. The highest BCUT2D eigenvalue weighted by atomic mass is 15.3. The molecule has 1 aliphatic carbocycles. The van der Waals surface area contributed by atoms with E-state index in [0.29, 0.717) is 12.0 Å². The predicted molar refractivity (Wildman–Crippen MR) is 69.6 cm³/mol. The van der Waals surface area contributed by atoms with Crippen molar-refractivity contribution >= 4 is 5.96 Å². The summed E-state index contributed by atoms with van der Waals surface area (Å²) in [6.45, 7) is 2.90. The summed E-state index contributed by atoms with van der Waals surface area (Å²) in [6, 6.07) is 10.3. The Hall–Kier alpha value is -1.51. The molecule has 1 heterocycles. The second kappa shape index (κ2) is 4.06. The smallest absolute Gasteiger partial charge is 0.191 e. The molecule has 0 unspecified atom stereocenters. The second-order valence-electron chi connectivity index (χ2n) is 5.33. The minimum Gasteiger partial charge on any atom is -0.370 e. The van der Waals surface area contributed by atoms with Crippen LogP contribution in [0.1, 0.15) is 24.8 Å². The zero-order valence-corrected chi connectivity index (χ0v) is 10.1. The number of hydrogen-bond donors (Lipinski definition) is 1. The van der Waals surface area contributed by atoms with Crippen LogP contribution in [0.5, 0.6) is 0 Å². The first-order valence-electron chi connectivity index (χ1n) is 6.36. The van der Waals surface area contributed by atoms with Crippen molar-refractivity contribution in [1.82, 2.24) is 4.90 Å². The normalized spacial score (nSPS) is 22.1. The average Bonchev–Trinajstić information content (AvgIpc) is 2.98. The van der Waals surface area contributed by atoms with Gasteiger partial charge in [-0.25, -0.2) is 4.99 Å². The van der Waals surface area contributed by atoms with Gasteiger partial charge in [-0.1, -0.05) is 30.3 Å². The summed E-state index contributed by atoms with van der Waals surface area (Å²) < 4.78 is 0. The van der Waals surface area contributed by atoms with E-state index in [1.807, 2.05) is 18.2 Å². The number of hydrogen-bond acceptors (Lipinski definition) is 1. The summed E-state index contributed by atoms with van der Waals surface area (Å²) in [5.74, 6) is 0.720. The molecular weight excluding hydrogens is 210 g/mol. The molecule has 3 nitrogen and oxygen atoms in total. The zero-order valence-electron chi connectivity index (χ0n) is 10.1. The fourth-order valence-corrected chi connectivity index (χ4v) is 2.57. The summed E-state index contributed by atoms with van der Waals surface area (Å²) >= 11 is 0. The van der Waals surface area contributed by atoms with Crippen LogP contribution in [-0.2, 0) is 6.54 Å². The van der Waals surface area contributed by atoms with Crippen molar-refractivity contribution < 1.29 is 0 Å². The van der Waals surface area contributed by atoms with E-state index in [1.165, 1.54) is 24.8 Å². The van der Waals surface area contributed by atoms with Crippen LogP contribution in [0.4, 0.5) is 0 Å². The summed E-state index contributed by atoms with van der Waals surface area (Å²) in [5.41, 5.74) is 7.89. The SMILES string of the molecule is NC(=NCc1ccccc1)N1CCC2(CC2)C1. The van der Waals surface area contributed by atoms with Gasteiger partial charge >= 0.3 is 0 Å². The van der Waals surface area contributed by atoms with Crippen molar-refractivity contribution in [2.45, 2.75) is 25.8 Å². The quantitative estimate of drug-likeness (QED) is 0.622. The Kier molecular flexibility index (Phi) is 2.54. The van der Waals surface area contributed by atoms with Gasteiger partial charge in [0, 0.05) is 13.1 Å². The lowest BCUT2D eigenvalue weighted by molar-refractivity contribution is 0.464. The Balaban J connectivity index is 1.60. The molecule has 3 heteroatoms.